The molecule has 0 radical (unpaired) electrons. The van der Waals surface area contributed by atoms with Gasteiger partial charge in [-0.1, -0.05) is 19.3 Å². The van der Waals surface area contributed by atoms with Gasteiger partial charge < -0.3 is 15.1 Å². The lowest BCUT2D eigenvalue weighted by molar-refractivity contribution is -0.149. The smallest absolute Gasteiger partial charge is 0.311 e. The van der Waals surface area contributed by atoms with E-state index >= 15 is 0 Å². The highest BCUT2D eigenvalue weighted by atomic mass is 16.4. The molecule has 0 aromatic rings. The summed E-state index contributed by atoms with van der Waals surface area (Å²) in [7, 11) is 0. The number of unbranched alkanes of at least 4 members (excludes halogenated alkanes) is 3. The fourth-order valence-electron chi connectivity index (χ4n) is 3.71. The number of aliphatic hydroxyl groups is 1. The van der Waals surface area contributed by atoms with Gasteiger partial charge in [0.2, 0.25) is 0 Å². The number of hydrogen-bond acceptors (Lipinski definition) is 3. The highest BCUT2D eigenvalue weighted by Crippen LogP contribution is 2.48. The summed E-state index contributed by atoms with van der Waals surface area (Å²) in [6.07, 6.45) is 7.28. The zero-order valence-electron chi connectivity index (χ0n) is 11.1. The summed E-state index contributed by atoms with van der Waals surface area (Å²) in [6.45, 7) is 3.05. The number of carboxylic acid groups (broad SMARTS) is 1. The van der Waals surface area contributed by atoms with Crippen LogP contribution in [0.1, 0.15) is 44.9 Å². The van der Waals surface area contributed by atoms with Gasteiger partial charge in [0.05, 0.1) is 5.41 Å². The third kappa shape index (κ3) is 2.69. The molecule has 0 spiro atoms. The number of carbonyl (C=O) groups is 1. The first-order valence-electron chi connectivity index (χ1n) is 7.25. The third-order valence-corrected chi connectivity index (χ3v) is 4.75. The molecule has 0 amide bonds. The molecular weight excluding hydrogens is 230 g/mol. The number of fused-ring (bicyclic) bond motifs is 1. The Morgan fingerprint density at radius 2 is 2.06 bits per heavy atom. The fraction of sp³-hybridized carbons (Fsp3) is 0.929. The predicted octanol–water partition coefficient (Wildman–Crippen LogP) is 1.73. The minimum Gasteiger partial charge on any atom is -0.481 e. The molecule has 2 N–H and O–H groups in total. The molecule has 2 atom stereocenters. The Morgan fingerprint density at radius 3 is 2.72 bits per heavy atom. The molecule has 0 unspecified atom stereocenters. The first-order chi connectivity index (χ1) is 8.69. The van der Waals surface area contributed by atoms with Crippen molar-refractivity contribution in [2.24, 2.45) is 11.3 Å². The third-order valence-electron chi connectivity index (χ3n) is 4.75. The molecule has 18 heavy (non-hydrogen) atoms. The zero-order valence-corrected chi connectivity index (χ0v) is 11.1. The largest absolute Gasteiger partial charge is 0.481 e. The zero-order chi connectivity index (χ0) is 13.0. The van der Waals surface area contributed by atoms with Crippen LogP contribution in [0.3, 0.4) is 0 Å². The Morgan fingerprint density at radius 1 is 1.28 bits per heavy atom. The van der Waals surface area contributed by atoms with Gasteiger partial charge in [0, 0.05) is 19.7 Å². The van der Waals surface area contributed by atoms with Gasteiger partial charge in [-0.25, -0.2) is 0 Å². The maximum Gasteiger partial charge on any atom is 0.311 e. The monoisotopic (exact) mass is 255 g/mol. The molecule has 1 aliphatic carbocycles. The van der Waals surface area contributed by atoms with Crippen LogP contribution in [0, 0.1) is 11.3 Å². The molecule has 4 nitrogen and oxygen atoms in total. The summed E-state index contributed by atoms with van der Waals surface area (Å²) >= 11 is 0. The van der Waals surface area contributed by atoms with Crippen molar-refractivity contribution in [2.75, 3.05) is 26.2 Å². The lowest BCUT2D eigenvalue weighted by Gasteiger charge is -2.23. The summed E-state index contributed by atoms with van der Waals surface area (Å²) in [5.74, 6) is -0.194. The summed E-state index contributed by atoms with van der Waals surface area (Å²) in [5.41, 5.74) is -0.425. The number of nitrogens with zero attached hydrogens (tertiary/aromatic N) is 1. The number of hydrogen-bond donors (Lipinski definition) is 2. The first kappa shape index (κ1) is 13.8. The van der Waals surface area contributed by atoms with Crippen molar-refractivity contribution in [1.29, 1.82) is 0 Å². The molecule has 0 aromatic carbocycles. The van der Waals surface area contributed by atoms with Crippen molar-refractivity contribution in [1.82, 2.24) is 4.90 Å². The van der Waals surface area contributed by atoms with Crippen molar-refractivity contribution >= 4 is 5.97 Å². The number of rotatable bonds is 7. The Labute approximate surface area is 109 Å². The van der Waals surface area contributed by atoms with Gasteiger partial charge in [0.25, 0.3) is 0 Å². The van der Waals surface area contributed by atoms with Gasteiger partial charge in [-0.05, 0) is 38.1 Å². The van der Waals surface area contributed by atoms with E-state index in [2.05, 4.69) is 4.90 Å². The molecule has 1 saturated carbocycles. The average molecular weight is 255 g/mol. The van der Waals surface area contributed by atoms with Crippen LogP contribution in [0.4, 0.5) is 0 Å². The standard InChI is InChI=1S/C14H25NO3/c16-9-4-2-1-3-8-15-10-12-6-5-7-14(12,11-15)13(17)18/h12,16H,1-11H2,(H,17,18)/t12-,14+/m0/s1. The van der Waals surface area contributed by atoms with E-state index in [1.54, 1.807) is 0 Å². The van der Waals surface area contributed by atoms with Gasteiger partial charge >= 0.3 is 5.97 Å². The van der Waals surface area contributed by atoms with Crippen LogP contribution in [-0.2, 0) is 4.79 Å². The maximum atomic E-state index is 11.5. The molecule has 104 valence electrons. The molecule has 1 saturated heterocycles. The van der Waals surface area contributed by atoms with Crippen LogP contribution in [0.25, 0.3) is 0 Å². The Balaban J connectivity index is 1.76. The minimum absolute atomic E-state index is 0.286. The summed E-state index contributed by atoms with van der Waals surface area (Å²) in [5, 5.41) is 18.2. The van der Waals surface area contributed by atoms with Gasteiger partial charge in [-0.2, -0.15) is 0 Å². The minimum atomic E-state index is -0.576. The van der Waals surface area contributed by atoms with E-state index in [0.29, 0.717) is 5.92 Å². The van der Waals surface area contributed by atoms with E-state index in [0.717, 1.165) is 64.6 Å². The quantitative estimate of drug-likeness (QED) is 0.680. The van der Waals surface area contributed by atoms with Crippen molar-refractivity contribution < 1.29 is 15.0 Å². The number of likely N-dealkylation sites (tertiary alicyclic amines) is 1. The number of aliphatic hydroxyl groups excluding tert-OH is 1. The van der Waals surface area contributed by atoms with Crippen LogP contribution in [0.2, 0.25) is 0 Å². The summed E-state index contributed by atoms with van der Waals surface area (Å²) in [6, 6.07) is 0. The van der Waals surface area contributed by atoms with Crippen LogP contribution in [-0.4, -0.2) is 47.3 Å². The number of carboxylic acids is 1. The van der Waals surface area contributed by atoms with E-state index in [9.17, 15) is 9.90 Å². The lowest BCUT2D eigenvalue weighted by Crippen LogP contribution is -2.35. The Hall–Kier alpha value is -0.610. The van der Waals surface area contributed by atoms with Gasteiger partial charge in [-0.3, -0.25) is 4.79 Å². The van der Waals surface area contributed by atoms with Crippen molar-refractivity contribution in [3.63, 3.8) is 0 Å². The Kier molecular flexibility index (Phi) is 4.62. The second kappa shape index (κ2) is 6.02. The molecule has 2 aliphatic rings. The van der Waals surface area contributed by atoms with Crippen LogP contribution in [0.15, 0.2) is 0 Å². The van der Waals surface area contributed by atoms with Gasteiger partial charge in [0.15, 0.2) is 0 Å². The normalized spacial score (nSPS) is 31.7. The van der Waals surface area contributed by atoms with Crippen molar-refractivity contribution in [3.05, 3.63) is 0 Å². The van der Waals surface area contributed by atoms with Crippen molar-refractivity contribution in [2.45, 2.75) is 44.9 Å². The lowest BCUT2D eigenvalue weighted by atomic mass is 9.81. The van der Waals surface area contributed by atoms with Crippen LogP contribution >= 0.6 is 0 Å². The SMILES string of the molecule is O=C(O)[C@@]12CCC[C@H]1CN(CCCCCCO)C2. The molecule has 1 heterocycles. The second-order valence-corrected chi connectivity index (χ2v) is 5.92. The summed E-state index contributed by atoms with van der Waals surface area (Å²) in [4.78, 5) is 13.9. The van der Waals surface area contributed by atoms with Gasteiger partial charge in [0.1, 0.15) is 0 Å². The molecule has 2 fully saturated rings. The van der Waals surface area contributed by atoms with Crippen molar-refractivity contribution in [3.8, 4) is 0 Å². The first-order valence-corrected chi connectivity index (χ1v) is 7.25. The topological polar surface area (TPSA) is 60.8 Å². The number of aliphatic carboxylic acids is 1. The highest BCUT2D eigenvalue weighted by molar-refractivity contribution is 5.76. The van der Waals surface area contributed by atoms with E-state index in [-0.39, 0.29) is 6.61 Å². The van der Waals surface area contributed by atoms with Crippen LogP contribution in [0.5, 0.6) is 0 Å². The maximum absolute atomic E-state index is 11.5. The fourth-order valence-corrected chi connectivity index (χ4v) is 3.71. The molecule has 4 heteroatoms. The molecule has 1 aliphatic heterocycles. The van der Waals surface area contributed by atoms with E-state index in [1.165, 1.54) is 0 Å². The Bertz CT molecular complexity index is 295. The van der Waals surface area contributed by atoms with E-state index in [4.69, 9.17) is 5.11 Å². The second-order valence-electron chi connectivity index (χ2n) is 5.92. The van der Waals surface area contributed by atoms with Gasteiger partial charge in [-0.15, -0.1) is 0 Å². The molecule has 0 bridgehead atoms. The summed E-state index contributed by atoms with van der Waals surface area (Å²) < 4.78 is 0. The predicted molar refractivity (Wildman–Crippen MR) is 69.4 cm³/mol. The molecular formula is C14H25NO3. The van der Waals surface area contributed by atoms with E-state index < -0.39 is 11.4 Å². The highest BCUT2D eigenvalue weighted by Gasteiger charge is 2.54. The molecule has 2 rings (SSSR count). The van der Waals surface area contributed by atoms with E-state index in [1.807, 2.05) is 0 Å². The van der Waals surface area contributed by atoms with Crippen LogP contribution < -0.4 is 0 Å². The molecule has 0 aromatic heterocycles. The average Bonchev–Trinajstić information content (AvgIpc) is 2.86.